The fourth-order valence-corrected chi connectivity index (χ4v) is 3.16. The van der Waals surface area contributed by atoms with Crippen LogP contribution in [0, 0.1) is 13.8 Å². The maximum atomic E-state index is 9.09. The molecule has 1 N–H and O–H groups in total. The molecule has 124 valence electrons. The molecule has 0 aliphatic heterocycles. The number of thioether (sulfide) groups is 1. The molecule has 5 heteroatoms. The van der Waals surface area contributed by atoms with Gasteiger partial charge in [0.2, 0.25) is 5.89 Å². The van der Waals surface area contributed by atoms with Crippen molar-refractivity contribution in [1.29, 1.82) is 0 Å². The van der Waals surface area contributed by atoms with Gasteiger partial charge < -0.3 is 9.52 Å². The fourth-order valence-electron chi connectivity index (χ4n) is 2.36. The standard InChI is InChI=1S/C19H20N2O2S/c1-12-4-7-17(10-13(12)2)14(3)24-19-21-20-18(23-19)16-8-5-15(11-22)6-9-16/h4-10,14,22H,11H2,1-3H3. The van der Waals surface area contributed by atoms with Gasteiger partial charge in [-0.05, 0) is 55.2 Å². The second kappa shape index (κ2) is 7.20. The summed E-state index contributed by atoms with van der Waals surface area (Å²) in [5, 5.41) is 18.1. The summed E-state index contributed by atoms with van der Waals surface area (Å²) in [5.74, 6) is 0.495. The van der Waals surface area contributed by atoms with E-state index in [9.17, 15) is 0 Å². The van der Waals surface area contributed by atoms with Crippen molar-refractivity contribution in [3.8, 4) is 11.5 Å². The monoisotopic (exact) mass is 340 g/mol. The van der Waals surface area contributed by atoms with Crippen molar-refractivity contribution in [2.75, 3.05) is 0 Å². The van der Waals surface area contributed by atoms with Crippen molar-refractivity contribution >= 4 is 11.8 Å². The molecule has 0 aliphatic rings. The Hall–Kier alpha value is -2.11. The van der Waals surface area contributed by atoms with E-state index in [0.717, 1.165) is 11.1 Å². The average molecular weight is 340 g/mol. The van der Waals surface area contributed by atoms with Crippen LogP contribution in [0.15, 0.2) is 52.1 Å². The molecule has 1 heterocycles. The number of aromatic nitrogens is 2. The largest absolute Gasteiger partial charge is 0.411 e. The number of aryl methyl sites for hydroxylation is 2. The number of hydrogen-bond acceptors (Lipinski definition) is 5. The van der Waals surface area contributed by atoms with Crippen LogP contribution in [0.3, 0.4) is 0 Å². The predicted molar refractivity (Wildman–Crippen MR) is 95.8 cm³/mol. The summed E-state index contributed by atoms with van der Waals surface area (Å²) in [5.41, 5.74) is 5.54. The maximum Gasteiger partial charge on any atom is 0.277 e. The van der Waals surface area contributed by atoms with E-state index in [0.29, 0.717) is 11.1 Å². The van der Waals surface area contributed by atoms with Crippen molar-refractivity contribution in [3.05, 3.63) is 64.7 Å². The molecule has 1 aromatic heterocycles. The predicted octanol–water partition coefficient (Wildman–Crippen LogP) is 4.70. The van der Waals surface area contributed by atoms with E-state index in [4.69, 9.17) is 9.52 Å². The zero-order chi connectivity index (χ0) is 17.1. The van der Waals surface area contributed by atoms with E-state index in [2.05, 4.69) is 49.2 Å². The smallest absolute Gasteiger partial charge is 0.277 e. The van der Waals surface area contributed by atoms with Gasteiger partial charge in [-0.3, -0.25) is 0 Å². The molecule has 0 fully saturated rings. The third-order valence-electron chi connectivity index (χ3n) is 4.07. The summed E-state index contributed by atoms with van der Waals surface area (Å²) in [6, 6.07) is 13.9. The highest BCUT2D eigenvalue weighted by Crippen LogP contribution is 2.35. The van der Waals surface area contributed by atoms with Crippen LogP contribution < -0.4 is 0 Å². The van der Waals surface area contributed by atoms with Gasteiger partial charge in [-0.25, -0.2) is 0 Å². The number of rotatable bonds is 5. The molecule has 0 spiro atoms. The molecule has 0 saturated carbocycles. The van der Waals surface area contributed by atoms with Crippen LogP contribution in [0.2, 0.25) is 0 Å². The van der Waals surface area contributed by atoms with Gasteiger partial charge in [-0.15, -0.1) is 10.2 Å². The number of hydrogen-bond donors (Lipinski definition) is 1. The van der Waals surface area contributed by atoms with Gasteiger partial charge in [0.25, 0.3) is 5.22 Å². The zero-order valence-electron chi connectivity index (χ0n) is 14.0. The third-order valence-corrected chi connectivity index (χ3v) is 5.06. The average Bonchev–Trinajstić information content (AvgIpc) is 3.06. The molecule has 0 bridgehead atoms. The Morgan fingerprint density at radius 3 is 2.46 bits per heavy atom. The summed E-state index contributed by atoms with van der Waals surface area (Å²) in [7, 11) is 0. The first-order valence-electron chi connectivity index (χ1n) is 7.84. The maximum absolute atomic E-state index is 9.09. The third kappa shape index (κ3) is 3.68. The van der Waals surface area contributed by atoms with Gasteiger partial charge in [-0.2, -0.15) is 0 Å². The lowest BCUT2D eigenvalue weighted by molar-refractivity contribution is 0.282. The van der Waals surface area contributed by atoms with E-state index in [1.54, 1.807) is 11.8 Å². The summed E-state index contributed by atoms with van der Waals surface area (Å²) in [4.78, 5) is 0. The first kappa shape index (κ1) is 16.7. The summed E-state index contributed by atoms with van der Waals surface area (Å²) < 4.78 is 5.77. The second-order valence-electron chi connectivity index (χ2n) is 5.83. The van der Waals surface area contributed by atoms with E-state index in [1.807, 2.05) is 24.3 Å². The highest BCUT2D eigenvalue weighted by Gasteiger charge is 2.14. The molecule has 0 radical (unpaired) electrons. The number of benzene rings is 2. The number of nitrogens with zero attached hydrogens (tertiary/aromatic N) is 2. The van der Waals surface area contributed by atoms with Gasteiger partial charge in [-0.1, -0.05) is 42.1 Å². The Morgan fingerprint density at radius 1 is 1.04 bits per heavy atom. The minimum Gasteiger partial charge on any atom is -0.411 e. The van der Waals surface area contributed by atoms with Gasteiger partial charge >= 0.3 is 0 Å². The van der Waals surface area contributed by atoms with Gasteiger partial charge in [0.1, 0.15) is 0 Å². The van der Waals surface area contributed by atoms with E-state index >= 15 is 0 Å². The Balaban J connectivity index is 1.74. The normalized spacial score (nSPS) is 12.3. The summed E-state index contributed by atoms with van der Waals surface area (Å²) >= 11 is 1.55. The van der Waals surface area contributed by atoms with Crippen molar-refractivity contribution in [2.24, 2.45) is 0 Å². The Labute approximate surface area is 145 Å². The minimum absolute atomic E-state index is 0.0265. The zero-order valence-corrected chi connectivity index (χ0v) is 14.8. The summed E-state index contributed by atoms with van der Waals surface area (Å²) in [6.07, 6.45) is 0. The lowest BCUT2D eigenvalue weighted by Crippen LogP contribution is -1.91. The molecule has 1 unspecified atom stereocenters. The molecule has 1 atom stereocenters. The quantitative estimate of drug-likeness (QED) is 0.682. The van der Waals surface area contributed by atoms with Crippen molar-refractivity contribution < 1.29 is 9.52 Å². The van der Waals surface area contributed by atoms with Crippen LogP contribution in [0.1, 0.15) is 34.4 Å². The molecule has 24 heavy (non-hydrogen) atoms. The molecule has 0 saturated heterocycles. The first-order chi connectivity index (χ1) is 11.6. The molecule has 3 rings (SSSR count). The highest BCUT2D eigenvalue weighted by molar-refractivity contribution is 7.99. The fraction of sp³-hybridized carbons (Fsp3) is 0.263. The van der Waals surface area contributed by atoms with Crippen molar-refractivity contribution in [1.82, 2.24) is 10.2 Å². The lowest BCUT2D eigenvalue weighted by atomic mass is 10.0. The van der Waals surface area contributed by atoms with E-state index < -0.39 is 0 Å². The number of aliphatic hydroxyl groups excluding tert-OH is 1. The molecule has 3 aromatic rings. The minimum atomic E-state index is 0.0265. The van der Waals surface area contributed by atoms with Crippen molar-refractivity contribution in [3.63, 3.8) is 0 Å². The molecular weight excluding hydrogens is 320 g/mol. The Morgan fingerprint density at radius 2 is 1.79 bits per heavy atom. The second-order valence-corrected chi connectivity index (χ2v) is 7.12. The van der Waals surface area contributed by atoms with Crippen LogP contribution >= 0.6 is 11.8 Å². The summed E-state index contributed by atoms with van der Waals surface area (Å²) in [6.45, 7) is 6.40. The SMILES string of the molecule is Cc1ccc(C(C)Sc2nnc(-c3ccc(CO)cc3)o2)cc1C. The first-order valence-corrected chi connectivity index (χ1v) is 8.72. The van der Waals surface area contributed by atoms with Gasteiger partial charge in [0.05, 0.1) is 6.61 Å². The topological polar surface area (TPSA) is 59.2 Å². The molecule has 0 aliphatic carbocycles. The molecule has 4 nitrogen and oxygen atoms in total. The van der Waals surface area contributed by atoms with Crippen LogP contribution in [0.25, 0.3) is 11.5 Å². The van der Waals surface area contributed by atoms with Gasteiger partial charge in [0.15, 0.2) is 0 Å². The molecule has 2 aromatic carbocycles. The molecular formula is C19H20N2O2S. The van der Waals surface area contributed by atoms with E-state index in [1.165, 1.54) is 16.7 Å². The highest BCUT2D eigenvalue weighted by atomic mass is 32.2. The van der Waals surface area contributed by atoms with Crippen LogP contribution in [0.4, 0.5) is 0 Å². The Kier molecular flexibility index (Phi) is 5.02. The lowest BCUT2D eigenvalue weighted by Gasteiger charge is -2.10. The van der Waals surface area contributed by atoms with Crippen molar-refractivity contribution in [2.45, 2.75) is 37.9 Å². The number of aliphatic hydroxyl groups is 1. The van der Waals surface area contributed by atoms with E-state index in [-0.39, 0.29) is 11.9 Å². The van der Waals surface area contributed by atoms with Crippen LogP contribution in [-0.2, 0) is 6.61 Å². The Bertz CT molecular complexity index is 828. The van der Waals surface area contributed by atoms with Crippen LogP contribution in [-0.4, -0.2) is 15.3 Å². The van der Waals surface area contributed by atoms with Crippen LogP contribution in [0.5, 0.6) is 0 Å². The molecule has 0 amide bonds. The van der Waals surface area contributed by atoms with Gasteiger partial charge in [0, 0.05) is 10.8 Å².